The summed E-state index contributed by atoms with van der Waals surface area (Å²) in [6.45, 7) is 5.03. The number of carbonyl (C=O) groups excluding carboxylic acids is 2. The van der Waals surface area contributed by atoms with Gasteiger partial charge >= 0.3 is 0 Å². The van der Waals surface area contributed by atoms with Gasteiger partial charge < -0.3 is 19.7 Å². The number of rotatable bonds is 15. The molecule has 9 nitrogen and oxygen atoms in total. The molecule has 4 rings (SSSR count). The Kier molecular flexibility index (Phi) is 11.1. The van der Waals surface area contributed by atoms with Gasteiger partial charge in [-0.3, -0.25) is 13.9 Å². The molecule has 0 radical (unpaired) electrons. The normalized spacial score (nSPS) is 12.9. The first-order valence-corrected chi connectivity index (χ1v) is 16.5. The number of amides is 2. The molecule has 2 amide bonds. The fourth-order valence-corrected chi connectivity index (χ4v) is 5.95. The van der Waals surface area contributed by atoms with Crippen molar-refractivity contribution in [1.82, 2.24) is 10.2 Å². The first-order chi connectivity index (χ1) is 20.7. The monoisotopic (exact) mass is 607 g/mol. The van der Waals surface area contributed by atoms with E-state index in [-0.39, 0.29) is 44.5 Å². The summed E-state index contributed by atoms with van der Waals surface area (Å²) in [4.78, 5) is 29.2. The van der Waals surface area contributed by atoms with Crippen LogP contribution in [0.1, 0.15) is 49.3 Å². The van der Waals surface area contributed by atoms with E-state index in [2.05, 4.69) is 12.2 Å². The zero-order valence-electron chi connectivity index (χ0n) is 25.1. The topological polar surface area (TPSA) is 105 Å². The van der Waals surface area contributed by atoms with Crippen LogP contribution in [0, 0.1) is 6.92 Å². The molecule has 230 valence electrons. The van der Waals surface area contributed by atoms with E-state index in [0.29, 0.717) is 30.2 Å². The van der Waals surface area contributed by atoms with Crippen molar-refractivity contribution in [1.29, 1.82) is 0 Å². The van der Waals surface area contributed by atoms with Crippen molar-refractivity contribution < 1.29 is 27.5 Å². The van der Waals surface area contributed by atoms with E-state index in [9.17, 15) is 18.0 Å². The number of carbonyl (C=O) groups is 2. The third-order valence-electron chi connectivity index (χ3n) is 7.37. The summed E-state index contributed by atoms with van der Waals surface area (Å²) in [6, 6.07) is 21.8. The van der Waals surface area contributed by atoms with Crippen LogP contribution in [-0.2, 0) is 32.6 Å². The number of hydrogen-bond acceptors (Lipinski definition) is 6. The van der Waals surface area contributed by atoms with Crippen LogP contribution in [-0.4, -0.2) is 57.3 Å². The van der Waals surface area contributed by atoms with Gasteiger partial charge in [-0.05, 0) is 43.0 Å². The summed E-state index contributed by atoms with van der Waals surface area (Å²) >= 11 is 0. The minimum atomic E-state index is -3.64. The second kappa shape index (κ2) is 14.9. The van der Waals surface area contributed by atoms with Crippen molar-refractivity contribution in [2.45, 2.75) is 58.5 Å². The van der Waals surface area contributed by atoms with Crippen LogP contribution in [0.25, 0.3) is 0 Å². The Morgan fingerprint density at radius 2 is 1.65 bits per heavy atom. The lowest BCUT2D eigenvalue weighted by atomic mass is 10.0. The summed E-state index contributed by atoms with van der Waals surface area (Å²) in [5.74, 6) is 0.618. The molecule has 0 spiro atoms. The average molecular weight is 608 g/mol. The smallest absolute Gasteiger partial charge is 0.243 e. The Bertz CT molecular complexity index is 1480. The molecule has 0 aliphatic carbocycles. The second-order valence-electron chi connectivity index (χ2n) is 10.8. The highest BCUT2D eigenvalue weighted by Gasteiger charge is 2.30. The summed E-state index contributed by atoms with van der Waals surface area (Å²) in [6.07, 6.45) is 3.62. The van der Waals surface area contributed by atoms with Gasteiger partial charge in [-0.15, -0.1) is 0 Å². The SMILES string of the molecule is CCCCNC(=O)[C@H](Cc1ccccc1)N(Cc1ccc(C)cc1)C(=O)CCCN(c1ccc2c(c1)OCO2)S(C)(=O)=O. The van der Waals surface area contributed by atoms with Crippen molar-refractivity contribution >= 4 is 27.5 Å². The van der Waals surface area contributed by atoms with Crippen LogP contribution >= 0.6 is 0 Å². The number of unbranched alkanes of at least 4 members (excludes halogenated alkanes) is 1. The number of anilines is 1. The average Bonchev–Trinajstić information content (AvgIpc) is 3.46. The van der Waals surface area contributed by atoms with Crippen molar-refractivity contribution in [3.05, 3.63) is 89.5 Å². The number of benzene rings is 3. The van der Waals surface area contributed by atoms with E-state index in [0.717, 1.165) is 35.8 Å². The molecule has 1 atom stereocenters. The van der Waals surface area contributed by atoms with Gasteiger partial charge in [-0.25, -0.2) is 8.42 Å². The van der Waals surface area contributed by atoms with Crippen LogP contribution in [0.2, 0.25) is 0 Å². The molecule has 0 unspecified atom stereocenters. The lowest BCUT2D eigenvalue weighted by Gasteiger charge is -2.32. The summed E-state index contributed by atoms with van der Waals surface area (Å²) in [7, 11) is -3.64. The van der Waals surface area contributed by atoms with E-state index in [1.807, 2.05) is 61.5 Å². The Labute approximate surface area is 254 Å². The molecule has 1 N–H and O–H groups in total. The highest BCUT2D eigenvalue weighted by atomic mass is 32.2. The second-order valence-corrected chi connectivity index (χ2v) is 12.7. The van der Waals surface area contributed by atoms with Crippen molar-refractivity contribution in [2.75, 3.05) is 30.4 Å². The first kappa shape index (κ1) is 31.9. The molecule has 10 heteroatoms. The number of aryl methyl sites for hydroxylation is 1. The number of hydrogen-bond donors (Lipinski definition) is 1. The van der Waals surface area contributed by atoms with Gasteiger partial charge in [0.25, 0.3) is 0 Å². The van der Waals surface area contributed by atoms with Crippen LogP contribution < -0.4 is 19.1 Å². The molecule has 0 saturated heterocycles. The van der Waals surface area contributed by atoms with Gasteiger partial charge in [0.1, 0.15) is 6.04 Å². The summed E-state index contributed by atoms with van der Waals surface area (Å²) in [5.41, 5.74) is 3.40. The molecule has 0 fully saturated rings. The first-order valence-electron chi connectivity index (χ1n) is 14.7. The zero-order chi connectivity index (χ0) is 30.8. The summed E-state index contributed by atoms with van der Waals surface area (Å²) in [5, 5.41) is 3.03. The largest absolute Gasteiger partial charge is 0.454 e. The van der Waals surface area contributed by atoms with Crippen LogP contribution in [0.3, 0.4) is 0 Å². The minimum absolute atomic E-state index is 0.0654. The van der Waals surface area contributed by atoms with E-state index >= 15 is 0 Å². The van der Waals surface area contributed by atoms with Gasteiger partial charge in [0, 0.05) is 38.5 Å². The minimum Gasteiger partial charge on any atom is -0.454 e. The Hall–Kier alpha value is -4.05. The Morgan fingerprint density at radius 3 is 2.35 bits per heavy atom. The van der Waals surface area contributed by atoms with Crippen molar-refractivity contribution in [2.24, 2.45) is 0 Å². The number of sulfonamides is 1. The van der Waals surface area contributed by atoms with E-state index in [4.69, 9.17) is 9.47 Å². The Balaban J connectivity index is 1.56. The lowest BCUT2D eigenvalue weighted by molar-refractivity contribution is -0.141. The Morgan fingerprint density at radius 1 is 0.930 bits per heavy atom. The molecule has 1 aliphatic heterocycles. The number of ether oxygens (including phenoxy) is 2. The number of fused-ring (bicyclic) bond motifs is 1. The molecule has 43 heavy (non-hydrogen) atoms. The molecule has 1 heterocycles. The summed E-state index contributed by atoms with van der Waals surface area (Å²) < 4.78 is 37.5. The molecule has 3 aromatic rings. The maximum Gasteiger partial charge on any atom is 0.243 e. The molecule has 0 aromatic heterocycles. The zero-order valence-corrected chi connectivity index (χ0v) is 25.9. The molecule has 0 saturated carbocycles. The molecule has 3 aromatic carbocycles. The molecular weight excluding hydrogens is 566 g/mol. The maximum absolute atomic E-state index is 13.9. The van der Waals surface area contributed by atoms with Crippen LogP contribution in [0.15, 0.2) is 72.8 Å². The van der Waals surface area contributed by atoms with E-state index in [1.165, 1.54) is 4.31 Å². The number of nitrogens with zero attached hydrogens (tertiary/aromatic N) is 2. The standard InChI is InChI=1S/C33H41N3O6S/c1-4-5-19-34-33(38)29(21-26-10-7-6-8-11-26)35(23-27-15-13-25(2)14-16-27)32(37)12-9-20-36(43(3,39)40)28-17-18-30-31(22-28)42-24-41-30/h6-8,10-11,13-18,22,29H,4-5,9,12,19-21,23-24H2,1-3H3,(H,34,38)/t29-/m0/s1. The molecular formula is C33H41N3O6S. The fourth-order valence-electron chi connectivity index (χ4n) is 4.99. The van der Waals surface area contributed by atoms with Crippen LogP contribution in [0.5, 0.6) is 11.5 Å². The highest BCUT2D eigenvalue weighted by molar-refractivity contribution is 7.92. The van der Waals surface area contributed by atoms with E-state index < -0.39 is 16.1 Å². The van der Waals surface area contributed by atoms with E-state index in [1.54, 1.807) is 23.1 Å². The van der Waals surface area contributed by atoms with Crippen molar-refractivity contribution in [3.8, 4) is 11.5 Å². The third kappa shape index (κ3) is 8.97. The maximum atomic E-state index is 13.9. The predicted molar refractivity (Wildman–Crippen MR) is 168 cm³/mol. The molecule has 0 bridgehead atoms. The fraction of sp³-hybridized carbons (Fsp3) is 0.394. The quantitative estimate of drug-likeness (QED) is 0.248. The predicted octanol–water partition coefficient (Wildman–Crippen LogP) is 4.83. The van der Waals surface area contributed by atoms with Crippen molar-refractivity contribution in [3.63, 3.8) is 0 Å². The van der Waals surface area contributed by atoms with Gasteiger partial charge in [0.15, 0.2) is 11.5 Å². The van der Waals surface area contributed by atoms with Gasteiger partial charge in [0.05, 0.1) is 11.9 Å². The van der Waals surface area contributed by atoms with Crippen LogP contribution in [0.4, 0.5) is 5.69 Å². The number of nitrogens with one attached hydrogen (secondary N) is 1. The van der Waals surface area contributed by atoms with Gasteiger partial charge in [0.2, 0.25) is 28.6 Å². The highest BCUT2D eigenvalue weighted by Crippen LogP contribution is 2.36. The van der Waals surface area contributed by atoms with Gasteiger partial charge in [-0.2, -0.15) is 0 Å². The molecule has 1 aliphatic rings. The lowest BCUT2D eigenvalue weighted by Crippen LogP contribution is -2.50. The third-order valence-corrected chi connectivity index (χ3v) is 8.56. The van der Waals surface area contributed by atoms with Gasteiger partial charge in [-0.1, -0.05) is 73.5 Å².